The van der Waals surface area contributed by atoms with Crippen LogP contribution in [0.2, 0.25) is 0 Å². The Kier molecular flexibility index (Phi) is 7.17. The van der Waals surface area contributed by atoms with Gasteiger partial charge in [0.15, 0.2) is 0 Å². The van der Waals surface area contributed by atoms with E-state index in [-0.39, 0.29) is 24.2 Å². The molecule has 4 bridgehead atoms. The van der Waals surface area contributed by atoms with E-state index < -0.39 is 28.9 Å². The van der Waals surface area contributed by atoms with Crippen LogP contribution in [0.4, 0.5) is 4.79 Å². The molecule has 0 heterocycles. The van der Waals surface area contributed by atoms with E-state index in [4.69, 9.17) is 9.47 Å². The summed E-state index contributed by atoms with van der Waals surface area (Å²) in [5.41, 5.74) is -0.192. The zero-order valence-corrected chi connectivity index (χ0v) is 22.0. The van der Waals surface area contributed by atoms with Gasteiger partial charge >= 0.3 is 12.1 Å². The number of hydrogen-bond acceptors (Lipinski definition) is 6. The van der Waals surface area contributed by atoms with Crippen LogP contribution < -0.4 is 10.1 Å². The first-order valence-electron chi connectivity index (χ1n) is 12.9. The highest BCUT2D eigenvalue weighted by Crippen LogP contribution is 2.65. The Bertz CT molecular complexity index is 1020. The first-order chi connectivity index (χ1) is 16.9. The van der Waals surface area contributed by atoms with Gasteiger partial charge in [-0.25, -0.2) is 9.59 Å². The highest BCUT2D eigenvalue weighted by atomic mass is 16.6. The summed E-state index contributed by atoms with van der Waals surface area (Å²) in [6.07, 6.45) is 4.46. The van der Waals surface area contributed by atoms with Crippen molar-refractivity contribution in [2.75, 3.05) is 14.1 Å². The van der Waals surface area contributed by atoms with Gasteiger partial charge in [-0.2, -0.15) is 0 Å². The second-order valence-electron chi connectivity index (χ2n) is 11.7. The van der Waals surface area contributed by atoms with E-state index in [0.29, 0.717) is 24.0 Å². The molecule has 4 aliphatic carbocycles. The van der Waals surface area contributed by atoms with E-state index >= 15 is 0 Å². The van der Waals surface area contributed by atoms with Crippen molar-refractivity contribution >= 4 is 23.8 Å². The van der Waals surface area contributed by atoms with Gasteiger partial charge in [0.25, 0.3) is 0 Å². The summed E-state index contributed by atoms with van der Waals surface area (Å²) in [6.45, 7) is 5.22. The number of ketones is 1. The molecule has 0 aromatic heterocycles. The molecule has 1 aromatic carbocycles. The van der Waals surface area contributed by atoms with Gasteiger partial charge in [-0.3, -0.25) is 9.59 Å². The minimum Gasteiger partial charge on any atom is -0.461 e. The summed E-state index contributed by atoms with van der Waals surface area (Å²) in [5, 5.41) is 3.03. The molecule has 196 valence electrons. The molecular weight excluding hydrogens is 460 g/mol. The lowest BCUT2D eigenvalue weighted by atomic mass is 9.43. The number of Topliss-reactive ketones (excluding diaryl/α,β-unsaturated/α-hetero) is 1. The second-order valence-corrected chi connectivity index (χ2v) is 11.7. The molecule has 4 saturated carbocycles. The van der Waals surface area contributed by atoms with Crippen molar-refractivity contribution in [1.29, 1.82) is 0 Å². The molecule has 2 amide bonds. The summed E-state index contributed by atoms with van der Waals surface area (Å²) in [6, 6.07) is 6.03. The van der Waals surface area contributed by atoms with Crippen LogP contribution in [0.5, 0.6) is 5.75 Å². The predicted molar refractivity (Wildman–Crippen MR) is 133 cm³/mol. The van der Waals surface area contributed by atoms with Crippen molar-refractivity contribution in [1.82, 2.24) is 10.2 Å². The van der Waals surface area contributed by atoms with Crippen LogP contribution in [0.25, 0.3) is 0 Å². The van der Waals surface area contributed by atoms with Gasteiger partial charge in [-0.15, -0.1) is 0 Å². The molecule has 1 aromatic rings. The molecule has 0 saturated heterocycles. The largest absolute Gasteiger partial charge is 0.461 e. The van der Waals surface area contributed by atoms with Crippen LogP contribution in [0, 0.1) is 22.7 Å². The maximum absolute atomic E-state index is 13.8. The number of carbonyl (C=O) groups excluding carboxylic acids is 4. The molecule has 0 radical (unpaired) electrons. The minimum absolute atomic E-state index is 0.135. The van der Waals surface area contributed by atoms with Gasteiger partial charge in [0, 0.05) is 25.9 Å². The number of esters is 1. The highest BCUT2D eigenvalue weighted by molar-refractivity contribution is 5.91. The molecule has 5 rings (SSSR count). The summed E-state index contributed by atoms with van der Waals surface area (Å²) in [5.74, 6) is 0.751. The standard InChI is InChI=1S/C28H38N2O6/c1-17(2)35-24(32)23(11-19-6-8-22(9-7-19)36-26(34)30(4)5)29-25(33)28-14-20-10-21(15-28)13-27(12-20,16-28)18(3)31/h6-9,17,20-21,23H,10-16H2,1-5H3,(H,29,33)/t20?,21?,23-,27?,28?/m0/s1. The first-order valence-corrected chi connectivity index (χ1v) is 12.9. The normalized spacial score (nSPS) is 28.9. The third-order valence-corrected chi connectivity index (χ3v) is 8.16. The molecule has 0 spiro atoms. The number of nitrogens with zero attached hydrogens (tertiary/aromatic N) is 1. The quantitative estimate of drug-likeness (QED) is 0.546. The third kappa shape index (κ3) is 5.27. The van der Waals surface area contributed by atoms with E-state index in [1.54, 1.807) is 59.1 Å². The van der Waals surface area contributed by atoms with E-state index in [2.05, 4.69) is 5.32 Å². The van der Waals surface area contributed by atoms with Gasteiger partial charge in [0.05, 0.1) is 11.5 Å². The lowest BCUT2D eigenvalue weighted by Gasteiger charge is -2.60. The average Bonchev–Trinajstić information content (AvgIpc) is 2.78. The lowest BCUT2D eigenvalue weighted by molar-refractivity contribution is -0.167. The zero-order chi connectivity index (χ0) is 26.3. The summed E-state index contributed by atoms with van der Waals surface area (Å²) >= 11 is 0. The minimum atomic E-state index is -0.851. The summed E-state index contributed by atoms with van der Waals surface area (Å²) in [7, 11) is 3.21. The maximum Gasteiger partial charge on any atom is 0.414 e. The van der Waals surface area contributed by atoms with Gasteiger partial charge < -0.3 is 19.7 Å². The Labute approximate surface area is 213 Å². The Balaban J connectivity index is 1.51. The number of carbonyl (C=O) groups is 4. The van der Waals surface area contributed by atoms with E-state index in [1.165, 1.54) is 4.90 Å². The van der Waals surface area contributed by atoms with Crippen LogP contribution in [0.1, 0.15) is 64.9 Å². The van der Waals surface area contributed by atoms with Crippen molar-refractivity contribution in [3.8, 4) is 5.75 Å². The number of benzene rings is 1. The van der Waals surface area contributed by atoms with Crippen LogP contribution in [-0.2, 0) is 25.5 Å². The van der Waals surface area contributed by atoms with Gasteiger partial charge in [0.2, 0.25) is 5.91 Å². The van der Waals surface area contributed by atoms with Crippen LogP contribution >= 0.6 is 0 Å². The van der Waals surface area contributed by atoms with Crippen LogP contribution in [0.15, 0.2) is 24.3 Å². The number of rotatable bonds is 8. The van der Waals surface area contributed by atoms with Crippen molar-refractivity contribution in [2.24, 2.45) is 22.7 Å². The molecule has 1 N–H and O–H groups in total. The third-order valence-electron chi connectivity index (χ3n) is 8.16. The Morgan fingerprint density at radius 1 is 1.00 bits per heavy atom. The monoisotopic (exact) mass is 498 g/mol. The molecule has 4 fully saturated rings. The predicted octanol–water partition coefficient (Wildman–Crippen LogP) is 3.90. The summed E-state index contributed by atoms with van der Waals surface area (Å²) < 4.78 is 10.7. The molecule has 4 aliphatic rings. The van der Waals surface area contributed by atoms with Gasteiger partial charge in [-0.05, 0) is 88.8 Å². The Morgan fingerprint density at radius 3 is 2.11 bits per heavy atom. The molecular formula is C28H38N2O6. The highest BCUT2D eigenvalue weighted by Gasteiger charge is 2.62. The van der Waals surface area contributed by atoms with E-state index in [0.717, 1.165) is 37.7 Å². The molecule has 36 heavy (non-hydrogen) atoms. The van der Waals surface area contributed by atoms with Gasteiger partial charge in [-0.1, -0.05) is 12.1 Å². The smallest absolute Gasteiger partial charge is 0.414 e. The maximum atomic E-state index is 13.8. The average molecular weight is 499 g/mol. The SMILES string of the molecule is CC(=O)C12CC3CC(C1)CC(C(=O)N[C@@H](Cc1ccc(OC(=O)N(C)C)cc1)C(=O)OC(C)C)(C3)C2. The number of ether oxygens (including phenoxy) is 2. The van der Waals surface area contributed by atoms with Gasteiger partial charge in [0.1, 0.15) is 17.6 Å². The molecule has 0 aliphatic heterocycles. The zero-order valence-electron chi connectivity index (χ0n) is 22.0. The molecule has 3 atom stereocenters. The van der Waals surface area contributed by atoms with Crippen molar-refractivity contribution in [2.45, 2.75) is 77.9 Å². The van der Waals surface area contributed by atoms with Crippen molar-refractivity contribution in [3.05, 3.63) is 29.8 Å². The first kappa shape index (κ1) is 26.2. The van der Waals surface area contributed by atoms with Crippen molar-refractivity contribution in [3.63, 3.8) is 0 Å². The fourth-order valence-electron chi connectivity index (χ4n) is 6.88. The number of nitrogens with one attached hydrogen (secondary N) is 1. The van der Waals surface area contributed by atoms with E-state index in [1.807, 2.05) is 0 Å². The second kappa shape index (κ2) is 9.87. The van der Waals surface area contributed by atoms with Crippen LogP contribution in [-0.4, -0.2) is 54.9 Å². The summed E-state index contributed by atoms with van der Waals surface area (Å²) in [4.78, 5) is 52.6. The van der Waals surface area contributed by atoms with Crippen LogP contribution in [0.3, 0.4) is 0 Å². The number of amides is 2. The number of hydrogen-bond donors (Lipinski definition) is 1. The molecule has 2 unspecified atom stereocenters. The Morgan fingerprint density at radius 2 is 1.58 bits per heavy atom. The molecule has 8 heteroatoms. The topological polar surface area (TPSA) is 102 Å². The molecule has 8 nitrogen and oxygen atoms in total. The van der Waals surface area contributed by atoms with Crippen molar-refractivity contribution < 1.29 is 28.7 Å². The van der Waals surface area contributed by atoms with E-state index in [9.17, 15) is 19.2 Å². The Hall–Kier alpha value is -2.90. The lowest BCUT2D eigenvalue weighted by Crippen LogP contribution is -2.61. The fraction of sp³-hybridized carbons (Fsp3) is 0.643. The fourth-order valence-corrected chi connectivity index (χ4v) is 6.88.